The Kier molecular flexibility index (Phi) is 7.24. The molecule has 1 aliphatic heterocycles. The van der Waals surface area contributed by atoms with E-state index in [1.54, 1.807) is 43.6 Å². The summed E-state index contributed by atoms with van der Waals surface area (Å²) in [5.41, 5.74) is 5.83. The maximum absolute atomic E-state index is 12.9. The van der Waals surface area contributed by atoms with Crippen LogP contribution in [0.4, 0.5) is 0 Å². The summed E-state index contributed by atoms with van der Waals surface area (Å²) < 4.78 is 11.7. The van der Waals surface area contributed by atoms with Gasteiger partial charge < -0.3 is 9.47 Å². The number of methoxy groups -OCH3 is 1. The van der Waals surface area contributed by atoms with Crippen molar-refractivity contribution in [2.45, 2.75) is 13.5 Å². The average molecular weight is 492 g/mol. The molecule has 7 nitrogen and oxygen atoms in total. The van der Waals surface area contributed by atoms with Crippen LogP contribution in [0.3, 0.4) is 0 Å². The highest BCUT2D eigenvalue weighted by Gasteiger charge is 2.33. The van der Waals surface area contributed by atoms with Crippen LogP contribution in [0, 0.1) is 6.92 Å². The molecule has 1 fully saturated rings. The van der Waals surface area contributed by atoms with Crippen molar-refractivity contribution < 1.29 is 19.1 Å². The molecule has 9 heteroatoms. The first-order valence-corrected chi connectivity index (χ1v) is 11.5. The van der Waals surface area contributed by atoms with Crippen molar-refractivity contribution in [1.82, 2.24) is 15.4 Å². The molecule has 2 amide bonds. The van der Waals surface area contributed by atoms with Crippen molar-refractivity contribution >= 4 is 46.2 Å². The number of hydrazine groups is 1. The van der Waals surface area contributed by atoms with Crippen LogP contribution in [0.5, 0.6) is 11.5 Å². The van der Waals surface area contributed by atoms with Crippen molar-refractivity contribution in [1.29, 1.82) is 0 Å². The zero-order chi connectivity index (χ0) is 24.1. The van der Waals surface area contributed by atoms with E-state index in [0.29, 0.717) is 28.6 Å². The van der Waals surface area contributed by atoms with E-state index in [1.165, 1.54) is 6.20 Å². The lowest BCUT2D eigenvalue weighted by Gasteiger charge is -2.15. The first-order chi connectivity index (χ1) is 16.5. The first-order valence-electron chi connectivity index (χ1n) is 10.3. The van der Waals surface area contributed by atoms with Crippen LogP contribution in [0.2, 0.25) is 0 Å². The predicted octanol–water partition coefficient (Wildman–Crippen LogP) is 4.52. The Morgan fingerprint density at radius 2 is 2.00 bits per heavy atom. The van der Waals surface area contributed by atoms with Gasteiger partial charge in [0.1, 0.15) is 6.61 Å². The lowest BCUT2D eigenvalue weighted by Crippen LogP contribution is -2.44. The normalized spacial score (nSPS) is 14.4. The summed E-state index contributed by atoms with van der Waals surface area (Å²) in [5, 5.41) is 1.07. The predicted molar refractivity (Wildman–Crippen MR) is 135 cm³/mol. The minimum absolute atomic E-state index is 0.235. The van der Waals surface area contributed by atoms with Crippen molar-refractivity contribution in [3.05, 3.63) is 94.1 Å². The summed E-state index contributed by atoms with van der Waals surface area (Å²) in [6.07, 6.45) is 4.67. The Labute approximate surface area is 206 Å². The number of amides is 2. The Hall–Kier alpha value is -3.69. The molecule has 0 radical (unpaired) electrons. The number of hydrogen-bond donors (Lipinski definition) is 1. The van der Waals surface area contributed by atoms with Crippen molar-refractivity contribution in [2.75, 3.05) is 7.11 Å². The lowest BCUT2D eigenvalue weighted by atomic mass is 10.1. The van der Waals surface area contributed by atoms with Gasteiger partial charge in [0.2, 0.25) is 0 Å². The van der Waals surface area contributed by atoms with Gasteiger partial charge in [-0.2, -0.15) is 5.01 Å². The van der Waals surface area contributed by atoms with Gasteiger partial charge in [0.15, 0.2) is 15.8 Å². The summed E-state index contributed by atoms with van der Waals surface area (Å²) in [7, 11) is 1.56. The van der Waals surface area contributed by atoms with E-state index in [-0.39, 0.29) is 4.32 Å². The molecule has 0 saturated carbocycles. The molecule has 1 aromatic heterocycles. The minimum Gasteiger partial charge on any atom is -0.493 e. The van der Waals surface area contributed by atoms with Gasteiger partial charge in [-0.3, -0.25) is 20.0 Å². The van der Waals surface area contributed by atoms with Crippen LogP contribution in [-0.2, 0) is 11.4 Å². The van der Waals surface area contributed by atoms with Gasteiger partial charge >= 0.3 is 0 Å². The number of carbonyl (C=O) groups is 2. The molecule has 4 rings (SSSR count). The Bertz CT molecular complexity index is 1280. The molecular weight excluding hydrogens is 470 g/mol. The minimum atomic E-state index is -0.470. The lowest BCUT2D eigenvalue weighted by molar-refractivity contribution is -0.123. The van der Waals surface area contributed by atoms with Gasteiger partial charge in [0.05, 0.1) is 17.6 Å². The standard InChI is InChI=1S/C25H21N3O4S2/c1-16-6-3-4-7-19(16)15-32-20-10-9-17(12-21(20)31-2)13-22-24(30)28(25(33)34-22)27-23(29)18-8-5-11-26-14-18/h3-14H,15H2,1-2H3,(H,27,29)/b22-13-. The number of nitrogens with one attached hydrogen (secondary N) is 1. The quantitative estimate of drug-likeness (QED) is 0.384. The van der Waals surface area contributed by atoms with Crippen LogP contribution in [0.15, 0.2) is 71.9 Å². The number of pyridine rings is 1. The molecule has 0 spiro atoms. The second kappa shape index (κ2) is 10.5. The molecule has 0 aliphatic carbocycles. The second-order valence-electron chi connectivity index (χ2n) is 7.33. The fourth-order valence-corrected chi connectivity index (χ4v) is 4.38. The fraction of sp³-hybridized carbons (Fsp3) is 0.120. The van der Waals surface area contributed by atoms with Gasteiger partial charge in [-0.25, -0.2) is 0 Å². The SMILES string of the molecule is COc1cc(/C=C2\SC(=S)N(NC(=O)c3cccnc3)C2=O)ccc1OCc1ccccc1C. The summed E-state index contributed by atoms with van der Waals surface area (Å²) in [4.78, 5) is 29.6. The average Bonchev–Trinajstić information content (AvgIpc) is 3.11. The highest BCUT2D eigenvalue weighted by atomic mass is 32.2. The van der Waals surface area contributed by atoms with E-state index >= 15 is 0 Å². The molecule has 34 heavy (non-hydrogen) atoms. The molecular formula is C25H21N3O4S2. The van der Waals surface area contributed by atoms with E-state index in [2.05, 4.69) is 10.4 Å². The number of aryl methyl sites for hydroxylation is 1. The monoisotopic (exact) mass is 491 g/mol. The number of hydrogen-bond acceptors (Lipinski definition) is 7. The number of carbonyl (C=O) groups excluding carboxylic acids is 2. The molecule has 1 aliphatic rings. The molecule has 2 aromatic carbocycles. The van der Waals surface area contributed by atoms with Gasteiger partial charge in [0, 0.05) is 12.4 Å². The van der Waals surface area contributed by atoms with Crippen LogP contribution in [-0.4, -0.2) is 33.2 Å². The Balaban J connectivity index is 1.47. The van der Waals surface area contributed by atoms with E-state index in [9.17, 15) is 9.59 Å². The number of nitrogens with zero attached hydrogens (tertiary/aromatic N) is 2. The van der Waals surface area contributed by atoms with Crippen LogP contribution >= 0.6 is 24.0 Å². The fourth-order valence-electron chi connectivity index (χ4n) is 3.20. The van der Waals surface area contributed by atoms with Gasteiger partial charge in [-0.05, 0) is 66.2 Å². The van der Waals surface area contributed by atoms with Crippen LogP contribution < -0.4 is 14.9 Å². The van der Waals surface area contributed by atoms with Crippen LogP contribution in [0.1, 0.15) is 27.0 Å². The zero-order valence-corrected chi connectivity index (χ0v) is 20.1. The third kappa shape index (κ3) is 5.27. The number of benzene rings is 2. The third-order valence-corrected chi connectivity index (χ3v) is 6.36. The molecule has 2 heterocycles. The Morgan fingerprint density at radius 3 is 2.74 bits per heavy atom. The topological polar surface area (TPSA) is 80.8 Å². The highest BCUT2D eigenvalue weighted by molar-refractivity contribution is 8.26. The second-order valence-corrected chi connectivity index (χ2v) is 9.00. The Morgan fingerprint density at radius 1 is 1.18 bits per heavy atom. The highest BCUT2D eigenvalue weighted by Crippen LogP contribution is 2.34. The van der Waals surface area contributed by atoms with E-state index in [4.69, 9.17) is 21.7 Å². The summed E-state index contributed by atoms with van der Waals surface area (Å²) in [6, 6.07) is 16.7. The van der Waals surface area contributed by atoms with Crippen molar-refractivity contribution in [2.24, 2.45) is 0 Å². The number of aromatic nitrogens is 1. The summed E-state index contributed by atoms with van der Waals surface area (Å²) >= 11 is 6.40. The van der Waals surface area contributed by atoms with Crippen LogP contribution in [0.25, 0.3) is 6.08 Å². The zero-order valence-electron chi connectivity index (χ0n) is 18.5. The maximum atomic E-state index is 12.9. The van der Waals surface area contributed by atoms with Crippen molar-refractivity contribution in [3.8, 4) is 11.5 Å². The molecule has 3 aromatic rings. The number of thioether (sulfide) groups is 1. The molecule has 1 N–H and O–H groups in total. The third-order valence-electron chi connectivity index (χ3n) is 5.06. The number of thiocarbonyl (C=S) groups is 1. The molecule has 0 unspecified atom stereocenters. The van der Waals surface area contributed by atoms with Gasteiger partial charge in [0.25, 0.3) is 11.8 Å². The smallest absolute Gasteiger partial charge is 0.285 e. The molecule has 1 saturated heterocycles. The van der Waals surface area contributed by atoms with E-state index in [0.717, 1.165) is 33.5 Å². The van der Waals surface area contributed by atoms with Gasteiger partial charge in [-0.1, -0.05) is 42.1 Å². The summed E-state index contributed by atoms with van der Waals surface area (Å²) in [6.45, 7) is 2.45. The first kappa shape index (κ1) is 23.5. The van der Waals surface area contributed by atoms with E-state index < -0.39 is 11.8 Å². The maximum Gasteiger partial charge on any atom is 0.285 e. The molecule has 172 valence electrons. The molecule has 0 bridgehead atoms. The molecule has 0 atom stereocenters. The van der Waals surface area contributed by atoms with Gasteiger partial charge in [-0.15, -0.1) is 0 Å². The number of ether oxygens (including phenoxy) is 2. The van der Waals surface area contributed by atoms with Crippen molar-refractivity contribution in [3.63, 3.8) is 0 Å². The largest absolute Gasteiger partial charge is 0.493 e. The van der Waals surface area contributed by atoms with E-state index in [1.807, 2.05) is 37.3 Å². The summed E-state index contributed by atoms with van der Waals surface area (Å²) in [5.74, 6) is 0.260. The number of rotatable bonds is 7.